The standard InChI is InChI=1S/C16H23F2NO2/c1-12-16(5-7-21-12,11-19-6-8-20-2)10-13-3-4-14(17)9-15(13)18/h3-4,9,12,19H,5-8,10-11H2,1-2H3. The largest absolute Gasteiger partial charge is 0.383 e. The molecular weight excluding hydrogens is 276 g/mol. The van der Waals surface area contributed by atoms with Crippen LogP contribution in [0, 0.1) is 17.0 Å². The van der Waals surface area contributed by atoms with Crippen LogP contribution in [0.25, 0.3) is 0 Å². The lowest BCUT2D eigenvalue weighted by Crippen LogP contribution is -2.42. The Bertz CT molecular complexity index is 470. The molecule has 0 bridgehead atoms. The lowest BCUT2D eigenvalue weighted by atomic mass is 9.76. The molecule has 21 heavy (non-hydrogen) atoms. The van der Waals surface area contributed by atoms with Gasteiger partial charge in [-0.1, -0.05) is 6.07 Å². The van der Waals surface area contributed by atoms with Gasteiger partial charge in [-0.15, -0.1) is 0 Å². The molecule has 0 aromatic heterocycles. The Morgan fingerprint density at radius 3 is 2.86 bits per heavy atom. The Morgan fingerprint density at radius 1 is 1.43 bits per heavy atom. The summed E-state index contributed by atoms with van der Waals surface area (Å²) in [4.78, 5) is 0. The Morgan fingerprint density at radius 2 is 2.24 bits per heavy atom. The van der Waals surface area contributed by atoms with Gasteiger partial charge in [0.15, 0.2) is 0 Å². The number of benzene rings is 1. The van der Waals surface area contributed by atoms with Crippen LogP contribution in [0.2, 0.25) is 0 Å². The van der Waals surface area contributed by atoms with Gasteiger partial charge in [-0.25, -0.2) is 8.78 Å². The molecule has 1 aromatic rings. The van der Waals surface area contributed by atoms with Gasteiger partial charge in [0, 0.05) is 38.3 Å². The van der Waals surface area contributed by atoms with Gasteiger partial charge in [-0.3, -0.25) is 0 Å². The summed E-state index contributed by atoms with van der Waals surface area (Å²) in [5.41, 5.74) is 0.383. The summed E-state index contributed by atoms with van der Waals surface area (Å²) < 4.78 is 37.7. The van der Waals surface area contributed by atoms with E-state index in [4.69, 9.17) is 9.47 Å². The smallest absolute Gasteiger partial charge is 0.129 e. The zero-order chi connectivity index (χ0) is 15.3. The number of hydrogen-bond donors (Lipinski definition) is 1. The lowest BCUT2D eigenvalue weighted by molar-refractivity contribution is 0.0615. The van der Waals surface area contributed by atoms with Crippen LogP contribution >= 0.6 is 0 Å². The molecular formula is C16H23F2NO2. The van der Waals surface area contributed by atoms with Crippen LogP contribution in [0.15, 0.2) is 18.2 Å². The predicted molar refractivity (Wildman–Crippen MR) is 77.3 cm³/mol. The summed E-state index contributed by atoms with van der Waals surface area (Å²) in [5.74, 6) is -1.02. The highest BCUT2D eigenvalue weighted by Gasteiger charge is 2.41. The molecule has 1 saturated heterocycles. The molecule has 5 heteroatoms. The van der Waals surface area contributed by atoms with Crippen molar-refractivity contribution in [1.82, 2.24) is 5.32 Å². The number of nitrogens with one attached hydrogen (secondary N) is 1. The van der Waals surface area contributed by atoms with Crippen LogP contribution in [0.4, 0.5) is 8.78 Å². The van der Waals surface area contributed by atoms with Gasteiger partial charge in [-0.2, -0.15) is 0 Å². The van der Waals surface area contributed by atoms with Crippen LogP contribution in [-0.2, 0) is 15.9 Å². The van der Waals surface area contributed by atoms with Crippen molar-refractivity contribution < 1.29 is 18.3 Å². The maximum atomic E-state index is 13.9. The zero-order valence-corrected chi connectivity index (χ0v) is 12.6. The van der Waals surface area contributed by atoms with Crippen LogP contribution in [0.1, 0.15) is 18.9 Å². The third-order valence-electron chi connectivity index (χ3n) is 4.35. The van der Waals surface area contributed by atoms with Gasteiger partial charge in [0.05, 0.1) is 12.7 Å². The maximum absolute atomic E-state index is 13.9. The molecule has 0 aliphatic carbocycles. The Kier molecular flexibility index (Phi) is 5.67. The van der Waals surface area contributed by atoms with E-state index in [1.165, 1.54) is 12.1 Å². The topological polar surface area (TPSA) is 30.5 Å². The molecule has 118 valence electrons. The molecule has 1 heterocycles. The first kappa shape index (κ1) is 16.3. The molecule has 2 atom stereocenters. The molecule has 1 fully saturated rings. The Balaban J connectivity index is 2.09. The fourth-order valence-corrected chi connectivity index (χ4v) is 2.90. The second kappa shape index (κ2) is 7.29. The molecule has 1 aliphatic heterocycles. The molecule has 1 aliphatic rings. The monoisotopic (exact) mass is 299 g/mol. The number of methoxy groups -OCH3 is 1. The second-order valence-electron chi connectivity index (χ2n) is 5.71. The van der Waals surface area contributed by atoms with Crippen LogP contribution in [0.3, 0.4) is 0 Å². The van der Waals surface area contributed by atoms with Crippen LogP contribution < -0.4 is 5.32 Å². The average Bonchev–Trinajstić information content (AvgIpc) is 2.80. The van der Waals surface area contributed by atoms with Gasteiger partial charge in [-0.05, 0) is 31.4 Å². The third-order valence-corrected chi connectivity index (χ3v) is 4.35. The summed E-state index contributed by atoms with van der Waals surface area (Å²) in [7, 11) is 1.66. The second-order valence-corrected chi connectivity index (χ2v) is 5.71. The minimum Gasteiger partial charge on any atom is -0.383 e. The van der Waals surface area contributed by atoms with E-state index in [0.717, 1.165) is 25.6 Å². The van der Waals surface area contributed by atoms with E-state index in [2.05, 4.69) is 5.32 Å². The van der Waals surface area contributed by atoms with Gasteiger partial charge in [0.2, 0.25) is 0 Å². The molecule has 2 unspecified atom stereocenters. The first-order chi connectivity index (χ1) is 10.1. The predicted octanol–water partition coefficient (Wildman–Crippen LogP) is 2.54. The van der Waals surface area contributed by atoms with E-state index in [-0.39, 0.29) is 11.5 Å². The summed E-state index contributed by atoms with van der Waals surface area (Å²) in [6.45, 7) is 4.81. The summed E-state index contributed by atoms with van der Waals surface area (Å²) in [6.07, 6.45) is 1.45. The summed E-state index contributed by atoms with van der Waals surface area (Å²) in [6, 6.07) is 3.79. The first-order valence-electron chi connectivity index (χ1n) is 7.32. The number of halogens is 2. The highest BCUT2D eigenvalue weighted by molar-refractivity contribution is 5.21. The SMILES string of the molecule is COCCNCC1(Cc2ccc(F)cc2F)CCOC1C. The molecule has 1 aromatic carbocycles. The van der Waals surface area contributed by atoms with Crippen molar-refractivity contribution >= 4 is 0 Å². The zero-order valence-electron chi connectivity index (χ0n) is 12.6. The van der Waals surface area contributed by atoms with Crippen molar-refractivity contribution in [2.24, 2.45) is 5.41 Å². The van der Waals surface area contributed by atoms with Crippen molar-refractivity contribution in [3.8, 4) is 0 Å². The van der Waals surface area contributed by atoms with Crippen molar-refractivity contribution in [1.29, 1.82) is 0 Å². The van der Waals surface area contributed by atoms with E-state index < -0.39 is 11.6 Å². The number of ether oxygens (including phenoxy) is 2. The lowest BCUT2D eigenvalue weighted by Gasteiger charge is -2.33. The Hall–Kier alpha value is -1.04. The quantitative estimate of drug-likeness (QED) is 0.785. The van der Waals surface area contributed by atoms with Crippen molar-refractivity contribution in [2.75, 3.05) is 33.4 Å². The highest BCUT2D eigenvalue weighted by atomic mass is 19.1. The maximum Gasteiger partial charge on any atom is 0.129 e. The van der Waals surface area contributed by atoms with Crippen molar-refractivity contribution in [2.45, 2.75) is 25.9 Å². The summed E-state index contributed by atoms with van der Waals surface area (Å²) >= 11 is 0. The van der Waals surface area contributed by atoms with Gasteiger partial charge < -0.3 is 14.8 Å². The molecule has 0 radical (unpaired) electrons. The van der Waals surface area contributed by atoms with Gasteiger partial charge >= 0.3 is 0 Å². The molecule has 1 N–H and O–H groups in total. The van der Waals surface area contributed by atoms with Crippen LogP contribution in [0.5, 0.6) is 0 Å². The van der Waals surface area contributed by atoms with E-state index in [1.807, 2.05) is 6.92 Å². The molecule has 2 rings (SSSR count). The van der Waals surface area contributed by atoms with E-state index in [1.54, 1.807) is 7.11 Å². The average molecular weight is 299 g/mol. The number of hydrogen-bond acceptors (Lipinski definition) is 3. The van der Waals surface area contributed by atoms with Crippen LogP contribution in [-0.4, -0.2) is 39.5 Å². The van der Waals surface area contributed by atoms with E-state index in [0.29, 0.717) is 25.2 Å². The van der Waals surface area contributed by atoms with Gasteiger partial charge in [0.25, 0.3) is 0 Å². The first-order valence-corrected chi connectivity index (χ1v) is 7.32. The number of rotatable bonds is 7. The molecule has 0 amide bonds. The molecule has 0 saturated carbocycles. The molecule has 3 nitrogen and oxygen atoms in total. The minimum absolute atomic E-state index is 0.0389. The van der Waals surface area contributed by atoms with Crippen molar-refractivity contribution in [3.63, 3.8) is 0 Å². The fraction of sp³-hybridized carbons (Fsp3) is 0.625. The third kappa shape index (κ3) is 3.99. The van der Waals surface area contributed by atoms with E-state index in [9.17, 15) is 8.78 Å². The van der Waals surface area contributed by atoms with Crippen molar-refractivity contribution in [3.05, 3.63) is 35.4 Å². The van der Waals surface area contributed by atoms with E-state index >= 15 is 0 Å². The fourth-order valence-electron chi connectivity index (χ4n) is 2.90. The summed E-state index contributed by atoms with van der Waals surface area (Å²) in [5, 5.41) is 3.35. The molecule has 0 spiro atoms. The highest BCUT2D eigenvalue weighted by Crippen LogP contribution is 2.38. The van der Waals surface area contributed by atoms with Gasteiger partial charge in [0.1, 0.15) is 11.6 Å². The minimum atomic E-state index is -0.542. The Labute approximate surface area is 124 Å². The normalized spacial score (nSPS) is 25.4.